The highest BCUT2D eigenvalue weighted by molar-refractivity contribution is 14.1. The van der Waals surface area contributed by atoms with E-state index in [1.165, 1.54) is 6.07 Å². The van der Waals surface area contributed by atoms with Gasteiger partial charge in [0.2, 0.25) is 0 Å². The Kier molecular flexibility index (Phi) is 4.52. The van der Waals surface area contributed by atoms with Crippen molar-refractivity contribution in [1.29, 1.82) is 0 Å². The van der Waals surface area contributed by atoms with Gasteiger partial charge in [-0.1, -0.05) is 40.8 Å². The van der Waals surface area contributed by atoms with Gasteiger partial charge in [-0.15, -0.1) is 0 Å². The first-order chi connectivity index (χ1) is 6.99. The van der Waals surface area contributed by atoms with Gasteiger partial charge in [0.25, 0.3) is 0 Å². The minimum absolute atomic E-state index is 0.0874. The van der Waals surface area contributed by atoms with Crippen LogP contribution in [0.4, 0.5) is 4.39 Å². The molecule has 0 aliphatic heterocycles. The molecule has 0 aliphatic rings. The largest absolute Gasteiger partial charge is 0.367 e. The minimum atomic E-state index is -0.542. The third kappa shape index (κ3) is 3.14. The standard InChI is InChI=1S/C12H16FIO/c1-9(2)15-12(3,8-14)10-6-4-5-7-11(10)13/h4-7,9H,8H2,1-3H3. The number of rotatable bonds is 4. The van der Waals surface area contributed by atoms with Gasteiger partial charge in [-0.25, -0.2) is 4.39 Å². The zero-order chi connectivity index (χ0) is 11.5. The minimum Gasteiger partial charge on any atom is -0.367 e. The van der Waals surface area contributed by atoms with Crippen LogP contribution < -0.4 is 0 Å². The fourth-order valence-corrected chi connectivity index (χ4v) is 2.17. The summed E-state index contributed by atoms with van der Waals surface area (Å²) in [6.45, 7) is 5.86. The van der Waals surface area contributed by atoms with Crippen molar-refractivity contribution in [2.24, 2.45) is 0 Å². The molecule has 0 N–H and O–H groups in total. The monoisotopic (exact) mass is 322 g/mol. The summed E-state index contributed by atoms with van der Waals surface area (Å²) in [6.07, 6.45) is 0.0874. The Hall–Kier alpha value is -0.160. The van der Waals surface area contributed by atoms with Crippen molar-refractivity contribution >= 4 is 22.6 Å². The second-order valence-corrected chi connectivity index (χ2v) is 4.77. The van der Waals surface area contributed by atoms with E-state index in [2.05, 4.69) is 22.6 Å². The summed E-state index contributed by atoms with van der Waals surface area (Å²) < 4.78 is 20.2. The van der Waals surface area contributed by atoms with Crippen LogP contribution in [-0.4, -0.2) is 10.5 Å². The van der Waals surface area contributed by atoms with Gasteiger partial charge in [0.05, 0.1) is 6.10 Å². The summed E-state index contributed by atoms with van der Waals surface area (Å²) in [6, 6.07) is 6.80. The maximum absolute atomic E-state index is 13.6. The summed E-state index contributed by atoms with van der Waals surface area (Å²) in [4.78, 5) is 0. The molecule has 1 aromatic carbocycles. The van der Waals surface area contributed by atoms with E-state index >= 15 is 0 Å². The van der Waals surface area contributed by atoms with Gasteiger partial charge in [0.1, 0.15) is 11.4 Å². The van der Waals surface area contributed by atoms with Gasteiger partial charge in [-0.2, -0.15) is 0 Å². The van der Waals surface area contributed by atoms with Crippen molar-refractivity contribution in [2.75, 3.05) is 4.43 Å². The summed E-state index contributed by atoms with van der Waals surface area (Å²) in [7, 11) is 0. The zero-order valence-corrected chi connectivity index (χ0v) is 11.4. The van der Waals surface area contributed by atoms with E-state index in [1.807, 2.05) is 26.8 Å². The number of halogens is 2. The van der Waals surface area contributed by atoms with Crippen LogP contribution in [0.5, 0.6) is 0 Å². The number of hydrogen-bond donors (Lipinski definition) is 0. The highest BCUT2D eigenvalue weighted by atomic mass is 127. The molecular weight excluding hydrogens is 306 g/mol. The Bertz CT molecular complexity index is 327. The Morgan fingerprint density at radius 2 is 2.00 bits per heavy atom. The van der Waals surface area contributed by atoms with Crippen molar-refractivity contribution in [2.45, 2.75) is 32.5 Å². The summed E-state index contributed by atoms with van der Waals surface area (Å²) >= 11 is 2.23. The van der Waals surface area contributed by atoms with E-state index in [0.29, 0.717) is 5.56 Å². The second-order valence-electron chi connectivity index (χ2n) is 4.01. The van der Waals surface area contributed by atoms with Crippen LogP contribution >= 0.6 is 22.6 Å². The van der Waals surface area contributed by atoms with Crippen molar-refractivity contribution < 1.29 is 9.13 Å². The third-order valence-corrected chi connectivity index (χ3v) is 3.65. The van der Waals surface area contributed by atoms with E-state index in [4.69, 9.17) is 4.74 Å². The van der Waals surface area contributed by atoms with Crippen molar-refractivity contribution in [3.63, 3.8) is 0 Å². The van der Waals surface area contributed by atoms with Crippen molar-refractivity contribution in [3.05, 3.63) is 35.6 Å². The molecule has 0 aromatic heterocycles. The molecule has 1 atom stereocenters. The first-order valence-electron chi connectivity index (χ1n) is 4.98. The topological polar surface area (TPSA) is 9.23 Å². The van der Waals surface area contributed by atoms with E-state index < -0.39 is 5.60 Å². The first-order valence-corrected chi connectivity index (χ1v) is 6.51. The maximum atomic E-state index is 13.6. The Morgan fingerprint density at radius 1 is 1.40 bits per heavy atom. The summed E-state index contributed by atoms with van der Waals surface area (Å²) in [5.74, 6) is -0.197. The lowest BCUT2D eigenvalue weighted by Gasteiger charge is -2.31. The van der Waals surface area contributed by atoms with Gasteiger partial charge in [0, 0.05) is 9.99 Å². The highest BCUT2D eigenvalue weighted by Crippen LogP contribution is 2.30. The van der Waals surface area contributed by atoms with Crippen LogP contribution in [0.1, 0.15) is 26.3 Å². The van der Waals surface area contributed by atoms with Crippen LogP contribution in [-0.2, 0) is 10.3 Å². The fourth-order valence-electron chi connectivity index (χ4n) is 1.58. The molecule has 15 heavy (non-hydrogen) atoms. The average molecular weight is 322 g/mol. The molecular formula is C12H16FIO. The Balaban J connectivity index is 3.05. The van der Waals surface area contributed by atoms with Gasteiger partial charge in [0.15, 0.2) is 0 Å². The van der Waals surface area contributed by atoms with Gasteiger partial charge in [-0.05, 0) is 26.8 Å². The second kappa shape index (κ2) is 5.25. The van der Waals surface area contributed by atoms with Crippen LogP contribution in [0, 0.1) is 5.82 Å². The highest BCUT2D eigenvalue weighted by Gasteiger charge is 2.30. The lowest BCUT2D eigenvalue weighted by molar-refractivity contribution is -0.0564. The molecule has 0 bridgehead atoms. The molecule has 1 nitrogen and oxygen atoms in total. The van der Waals surface area contributed by atoms with E-state index in [1.54, 1.807) is 12.1 Å². The third-order valence-electron chi connectivity index (χ3n) is 2.19. The summed E-state index contributed by atoms with van der Waals surface area (Å²) in [5, 5.41) is 0. The van der Waals surface area contributed by atoms with Crippen LogP contribution in [0.25, 0.3) is 0 Å². The number of benzene rings is 1. The quantitative estimate of drug-likeness (QED) is 0.603. The zero-order valence-electron chi connectivity index (χ0n) is 9.26. The lowest BCUT2D eigenvalue weighted by Crippen LogP contribution is -2.31. The lowest BCUT2D eigenvalue weighted by atomic mass is 9.97. The molecule has 3 heteroatoms. The molecule has 0 saturated carbocycles. The van der Waals surface area contributed by atoms with Crippen LogP contribution in [0.15, 0.2) is 24.3 Å². The molecule has 1 aromatic rings. The molecule has 0 amide bonds. The molecule has 0 spiro atoms. The molecule has 0 fully saturated rings. The smallest absolute Gasteiger partial charge is 0.129 e. The predicted octanol–water partition coefficient (Wildman–Crippen LogP) is 3.90. The SMILES string of the molecule is CC(C)OC(C)(CI)c1ccccc1F. The Morgan fingerprint density at radius 3 is 2.47 bits per heavy atom. The van der Waals surface area contributed by atoms with Crippen LogP contribution in [0.3, 0.4) is 0 Å². The van der Waals surface area contributed by atoms with E-state index in [9.17, 15) is 4.39 Å². The molecule has 0 aliphatic carbocycles. The maximum Gasteiger partial charge on any atom is 0.129 e. The first kappa shape index (κ1) is 12.9. The predicted molar refractivity (Wildman–Crippen MR) is 68.9 cm³/mol. The molecule has 1 unspecified atom stereocenters. The van der Waals surface area contributed by atoms with Crippen molar-refractivity contribution in [1.82, 2.24) is 0 Å². The van der Waals surface area contributed by atoms with Gasteiger partial charge in [-0.3, -0.25) is 0 Å². The van der Waals surface area contributed by atoms with Crippen LogP contribution in [0.2, 0.25) is 0 Å². The number of ether oxygens (including phenoxy) is 1. The molecule has 84 valence electrons. The van der Waals surface area contributed by atoms with Gasteiger partial charge >= 0.3 is 0 Å². The molecule has 0 saturated heterocycles. The fraction of sp³-hybridized carbons (Fsp3) is 0.500. The molecule has 1 rings (SSSR count). The average Bonchev–Trinajstić information content (AvgIpc) is 2.17. The van der Waals surface area contributed by atoms with Crippen molar-refractivity contribution in [3.8, 4) is 0 Å². The molecule has 0 heterocycles. The van der Waals surface area contributed by atoms with E-state index in [-0.39, 0.29) is 11.9 Å². The normalized spacial score (nSPS) is 15.3. The number of alkyl halides is 1. The van der Waals surface area contributed by atoms with Gasteiger partial charge < -0.3 is 4.74 Å². The van der Waals surface area contributed by atoms with E-state index in [0.717, 1.165) is 4.43 Å². The summed E-state index contributed by atoms with van der Waals surface area (Å²) in [5.41, 5.74) is 0.0909. The Labute approximate surface area is 104 Å². The number of hydrogen-bond acceptors (Lipinski definition) is 1. The molecule has 0 radical (unpaired) electrons.